The quantitative estimate of drug-likeness (QED) is 0.682. The Morgan fingerprint density at radius 3 is 2.89 bits per heavy atom. The molecule has 0 aromatic heterocycles. The van der Waals surface area contributed by atoms with Gasteiger partial charge in [0.15, 0.2) is 0 Å². The van der Waals surface area contributed by atoms with Crippen molar-refractivity contribution in [2.24, 2.45) is 0 Å². The number of rotatable bonds is 3. The van der Waals surface area contributed by atoms with Crippen LogP contribution < -0.4 is 4.90 Å². The Kier molecular flexibility index (Phi) is 4.36. The third-order valence-corrected chi connectivity index (χ3v) is 3.97. The number of hydrogen-bond acceptors (Lipinski definition) is 4. The molecule has 1 fully saturated rings. The molecule has 0 bridgehead atoms. The van der Waals surface area contributed by atoms with E-state index in [1.165, 1.54) is 6.07 Å². The van der Waals surface area contributed by atoms with Crippen LogP contribution in [0.5, 0.6) is 0 Å². The van der Waals surface area contributed by atoms with Gasteiger partial charge in [-0.1, -0.05) is 0 Å². The van der Waals surface area contributed by atoms with Crippen molar-refractivity contribution in [3.8, 4) is 0 Å². The number of nitro benzene ring substituents is 1. The molecule has 1 unspecified atom stereocenters. The van der Waals surface area contributed by atoms with Crippen LogP contribution in [0, 0.1) is 15.9 Å². The summed E-state index contributed by atoms with van der Waals surface area (Å²) in [6, 6.07) is 2.15. The SMILES string of the molecule is O=[N+]([O-])c1cc(Br)c(F)cc1N1CCCCC1CO. The minimum absolute atomic E-state index is 0.0699. The van der Waals surface area contributed by atoms with Gasteiger partial charge in [0.05, 0.1) is 22.0 Å². The molecule has 0 aliphatic carbocycles. The molecule has 0 saturated carbocycles. The fourth-order valence-corrected chi connectivity index (χ4v) is 2.74. The lowest BCUT2D eigenvalue weighted by Crippen LogP contribution is -2.42. The Morgan fingerprint density at radius 2 is 2.26 bits per heavy atom. The van der Waals surface area contributed by atoms with Crippen LogP contribution in [0.4, 0.5) is 15.8 Å². The number of nitrogens with zero attached hydrogens (tertiary/aromatic N) is 2. The summed E-state index contributed by atoms with van der Waals surface area (Å²) in [6.07, 6.45) is 2.60. The van der Waals surface area contributed by atoms with Gasteiger partial charge in [-0.15, -0.1) is 0 Å². The van der Waals surface area contributed by atoms with Gasteiger partial charge < -0.3 is 10.0 Å². The van der Waals surface area contributed by atoms with Crippen LogP contribution in [0.25, 0.3) is 0 Å². The van der Waals surface area contributed by atoms with E-state index in [4.69, 9.17) is 0 Å². The van der Waals surface area contributed by atoms with E-state index in [9.17, 15) is 19.6 Å². The van der Waals surface area contributed by atoms with E-state index in [2.05, 4.69) is 15.9 Å². The average Bonchev–Trinajstić information content (AvgIpc) is 2.41. The van der Waals surface area contributed by atoms with Crippen molar-refractivity contribution in [3.05, 3.63) is 32.5 Å². The number of piperidine rings is 1. The summed E-state index contributed by atoms with van der Waals surface area (Å²) in [4.78, 5) is 12.3. The number of aliphatic hydroxyl groups excluding tert-OH is 1. The number of benzene rings is 1. The molecule has 0 spiro atoms. The lowest BCUT2D eigenvalue weighted by molar-refractivity contribution is -0.384. The molecule has 19 heavy (non-hydrogen) atoms. The lowest BCUT2D eigenvalue weighted by Gasteiger charge is -2.36. The maximum atomic E-state index is 13.6. The minimum Gasteiger partial charge on any atom is -0.394 e. The summed E-state index contributed by atoms with van der Waals surface area (Å²) in [5.41, 5.74) is 0.0954. The largest absolute Gasteiger partial charge is 0.394 e. The molecule has 104 valence electrons. The van der Waals surface area contributed by atoms with E-state index in [-0.39, 0.29) is 28.5 Å². The van der Waals surface area contributed by atoms with Crippen molar-refractivity contribution in [2.45, 2.75) is 25.3 Å². The number of halogens is 2. The van der Waals surface area contributed by atoms with Crippen molar-refractivity contribution in [1.29, 1.82) is 0 Å². The highest BCUT2D eigenvalue weighted by Crippen LogP contribution is 2.36. The Balaban J connectivity index is 2.47. The molecule has 7 heteroatoms. The first-order valence-corrected chi connectivity index (χ1v) is 6.85. The van der Waals surface area contributed by atoms with Crippen molar-refractivity contribution in [3.63, 3.8) is 0 Å². The molecule has 0 amide bonds. The van der Waals surface area contributed by atoms with Crippen LogP contribution in [-0.4, -0.2) is 29.2 Å². The molecule has 1 aromatic carbocycles. The maximum absolute atomic E-state index is 13.6. The van der Waals surface area contributed by atoms with E-state index >= 15 is 0 Å². The zero-order chi connectivity index (χ0) is 14.0. The second-order valence-corrected chi connectivity index (χ2v) is 5.39. The summed E-state index contributed by atoms with van der Waals surface area (Å²) in [5, 5.41) is 20.5. The van der Waals surface area contributed by atoms with Crippen LogP contribution >= 0.6 is 15.9 Å². The highest BCUT2D eigenvalue weighted by atomic mass is 79.9. The van der Waals surface area contributed by atoms with Crippen molar-refractivity contribution >= 4 is 27.3 Å². The first kappa shape index (κ1) is 14.2. The molecule has 1 saturated heterocycles. The van der Waals surface area contributed by atoms with Crippen molar-refractivity contribution in [2.75, 3.05) is 18.1 Å². The molecule has 1 atom stereocenters. The van der Waals surface area contributed by atoms with Gasteiger partial charge in [0.25, 0.3) is 5.69 Å². The first-order chi connectivity index (χ1) is 9.04. The third kappa shape index (κ3) is 2.87. The maximum Gasteiger partial charge on any atom is 0.293 e. The topological polar surface area (TPSA) is 66.6 Å². The zero-order valence-corrected chi connectivity index (χ0v) is 11.8. The summed E-state index contributed by atoms with van der Waals surface area (Å²) < 4.78 is 13.7. The molecular weight excluding hydrogens is 319 g/mol. The van der Waals surface area contributed by atoms with Crippen molar-refractivity contribution < 1.29 is 14.4 Å². The second-order valence-electron chi connectivity index (χ2n) is 4.54. The summed E-state index contributed by atoms with van der Waals surface area (Å²) in [6.45, 7) is 0.502. The standard InChI is InChI=1S/C12H14BrFN2O3/c13-9-5-12(16(18)19)11(6-10(9)14)15-4-2-1-3-8(15)7-17/h5-6,8,17H,1-4,7H2. The smallest absolute Gasteiger partial charge is 0.293 e. The minimum atomic E-state index is -0.539. The molecule has 1 aliphatic heterocycles. The predicted molar refractivity (Wildman–Crippen MR) is 72.8 cm³/mol. The van der Waals surface area contributed by atoms with Crippen LogP contribution in [0.1, 0.15) is 19.3 Å². The second kappa shape index (κ2) is 5.83. The van der Waals surface area contributed by atoms with Crippen LogP contribution in [0.2, 0.25) is 0 Å². The molecule has 2 rings (SSSR count). The van der Waals surface area contributed by atoms with Gasteiger partial charge in [0, 0.05) is 18.7 Å². The Labute approximate surface area is 118 Å². The van der Waals surface area contributed by atoms with E-state index in [1.807, 2.05) is 0 Å². The monoisotopic (exact) mass is 332 g/mol. The van der Waals surface area contributed by atoms with Gasteiger partial charge >= 0.3 is 0 Å². The predicted octanol–water partition coefficient (Wildman–Crippen LogP) is 2.85. The van der Waals surface area contributed by atoms with E-state index in [0.29, 0.717) is 6.54 Å². The highest BCUT2D eigenvalue weighted by molar-refractivity contribution is 9.10. The van der Waals surface area contributed by atoms with Crippen molar-refractivity contribution in [1.82, 2.24) is 0 Å². The molecule has 0 radical (unpaired) electrons. The molecule has 1 aliphatic rings. The van der Waals surface area contributed by atoms with Gasteiger partial charge in [0.1, 0.15) is 11.5 Å². The molecule has 1 aromatic rings. The van der Waals surface area contributed by atoms with Crippen LogP contribution in [-0.2, 0) is 0 Å². The Bertz CT molecular complexity index is 498. The van der Waals surface area contributed by atoms with E-state index in [0.717, 1.165) is 25.3 Å². The zero-order valence-electron chi connectivity index (χ0n) is 10.2. The fraction of sp³-hybridized carbons (Fsp3) is 0.500. The number of anilines is 1. The van der Waals surface area contributed by atoms with E-state index in [1.54, 1.807) is 4.90 Å². The summed E-state index contributed by atoms with van der Waals surface area (Å²) >= 11 is 2.96. The van der Waals surface area contributed by atoms with Crippen LogP contribution in [0.15, 0.2) is 16.6 Å². The fourth-order valence-electron chi connectivity index (χ4n) is 2.41. The van der Waals surface area contributed by atoms with Gasteiger partial charge in [-0.3, -0.25) is 10.1 Å². The third-order valence-electron chi connectivity index (χ3n) is 3.36. The Hall–Kier alpha value is -1.21. The summed E-state index contributed by atoms with van der Waals surface area (Å²) in [7, 11) is 0. The van der Waals surface area contributed by atoms with Gasteiger partial charge in [-0.05, 0) is 35.2 Å². The normalized spacial score (nSPS) is 19.5. The number of nitro groups is 1. The summed E-state index contributed by atoms with van der Waals surface area (Å²) in [5.74, 6) is -0.539. The van der Waals surface area contributed by atoms with Crippen LogP contribution in [0.3, 0.4) is 0 Å². The molecule has 5 nitrogen and oxygen atoms in total. The molecular formula is C12H14BrFN2O3. The molecule has 1 heterocycles. The number of aliphatic hydroxyl groups is 1. The van der Waals surface area contributed by atoms with E-state index < -0.39 is 10.7 Å². The molecule has 1 N–H and O–H groups in total. The first-order valence-electron chi connectivity index (χ1n) is 6.05. The highest BCUT2D eigenvalue weighted by Gasteiger charge is 2.29. The van der Waals surface area contributed by atoms with Gasteiger partial charge in [-0.25, -0.2) is 4.39 Å². The van der Waals surface area contributed by atoms with Gasteiger partial charge in [-0.2, -0.15) is 0 Å². The number of hydrogen-bond donors (Lipinski definition) is 1. The average molecular weight is 333 g/mol. The lowest BCUT2D eigenvalue weighted by atomic mass is 10.0. The van der Waals surface area contributed by atoms with Gasteiger partial charge in [0.2, 0.25) is 0 Å². The Morgan fingerprint density at radius 1 is 1.53 bits per heavy atom.